The maximum Gasteiger partial charge on any atom is 0.225 e. The smallest absolute Gasteiger partial charge is 0.225 e. The molecule has 5 heteroatoms. The molecule has 0 aromatic rings. The number of rotatable bonds is 2. The molecule has 2 unspecified atom stereocenters. The van der Waals surface area contributed by atoms with E-state index in [4.69, 9.17) is 5.73 Å². The standard InChI is InChI=1S/C15H27N3O2/c1-11(2)14(19)17-6-8-18(9-7-17)15(20)12-4-3-5-13(16)10-12/h11-13H,3-10,16H2,1-2H3. The Morgan fingerprint density at radius 1 is 1.05 bits per heavy atom. The number of carbonyl (C=O) groups is 2. The summed E-state index contributed by atoms with van der Waals surface area (Å²) in [5.41, 5.74) is 5.96. The molecule has 2 amide bonds. The molecular formula is C15H27N3O2. The third kappa shape index (κ3) is 3.51. The monoisotopic (exact) mass is 281 g/mol. The lowest BCUT2D eigenvalue weighted by Crippen LogP contribution is -2.53. The van der Waals surface area contributed by atoms with Crippen molar-refractivity contribution in [3.8, 4) is 0 Å². The van der Waals surface area contributed by atoms with Crippen LogP contribution in [0.2, 0.25) is 0 Å². The fraction of sp³-hybridized carbons (Fsp3) is 0.867. The van der Waals surface area contributed by atoms with Crippen LogP contribution in [-0.2, 0) is 9.59 Å². The number of hydrogen-bond acceptors (Lipinski definition) is 3. The third-order valence-electron chi connectivity index (χ3n) is 4.46. The van der Waals surface area contributed by atoms with Crippen LogP contribution in [0.5, 0.6) is 0 Å². The molecule has 5 nitrogen and oxygen atoms in total. The molecule has 1 aliphatic heterocycles. The van der Waals surface area contributed by atoms with Gasteiger partial charge in [-0.15, -0.1) is 0 Å². The van der Waals surface area contributed by atoms with Gasteiger partial charge in [0.15, 0.2) is 0 Å². The van der Waals surface area contributed by atoms with Crippen molar-refractivity contribution >= 4 is 11.8 Å². The normalized spacial score (nSPS) is 27.8. The van der Waals surface area contributed by atoms with Crippen molar-refractivity contribution in [3.63, 3.8) is 0 Å². The van der Waals surface area contributed by atoms with Crippen molar-refractivity contribution in [2.45, 2.75) is 45.6 Å². The Morgan fingerprint density at radius 2 is 1.65 bits per heavy atom. The molecule has 2 N–H and O–H groups in total. The van der Waals surface area contributed by atoms with Gasteiger partial charge in [0.1, 0.15) is 0 Å². The lowest BCUT2D eigenvalue weighted by molar-refractivity contribution is -0.144. The molecule has 0 aromatic heterocycles. The van der Waals surface area contributed by atoms with Gasteiger partial charge in [0.25, 0.3) is 0 Å². The minimum Gasteiger partial charge on any atom is -0.339 e. The van der Waals surface area contributed by atoms with Gasteiger partial charge in [0, 0.05) is 44.1 Å². The summed E-state index contributed by atoms with van der Waals surface area (Å²) in [4.78, 5) is 28.2. The second kappa shape index (κ2) is 6.57. The lowest BCUT2D eigenvalue weighted by Gasteiger charge is -2.38. The third-order valence-corrected chi connectivity index (χ3v) is 4.46. The number of nitrogens with two attached hydrogens (primary N) is 1. The van der Waals surface area contributed by atoms with Crippen LogP contribution in [-0.4, -0.2) is 53.8 Å². The Morgan fingerprint density at radius 3 is 2.20 bits per heavy atom. The van der Waals surface area contributed by atoms with Crippen molar-refractivity contribution < 1.29 is 9.59 Å². The van der Waals surface area contributed by atoms with Crippen LogP contribution in [0, 0.1) is 11.8 Å². The second-order valence-corrected chi connectivity index (χ2v) is 6.43. The highest BCUT2D eigenvalue weighted by atomic mass is 16.2. The topological polar surface area (TPSA) is 66.6 Å². The second-order valence-electron chi connectivity index (χ2n) is 6.43. The van der Waals surface area contributed by atoms with E-state index in [1.165, 1.54) is 0 Å². The summed E-state index contributed by atoms with van der Waals surface area (Å²) in [7, 11) is 0. The predicted octanol–water partition coefficient (Wildman–Crippen LogP) is 0.831. The van der Waals surface area contributed by atoms with Crippen molar-refractivity contribution in [2.24, 2.45) is 17.6 Å². The van der Waals surface area contributed by atoms with Crippen LogP contribution in [0.3, 0.4) is 0 Å². The van der Waals surface area contributed by atoms with Crippen LogP contribution in [0.25, 0.3) is 0 Å². The van der Waals surface area contributed by atoms with E-state index in [2.05, 4.69) is 0 Å². The fourth-order valence-corrected chi connectivity index (χ4v) is 3.22. The molecular weight excluding hydrogens is 254 g/mol. The minimum atomic E-state index is 0.0357. The molecule has 1 aliphatic carbocycles. The molecule has 0 aromatic carbocycles. The summed E-state index contributed by atoms with van der Waals surface area (Å²) in [6, 6.07) is 0.182. The molecule has 20 heavy (non-hydrogen) atoms. The Balaban J connectivity index is 1.84. The van der Waals surface area contributed by atoms with Crippen LogP contribution < -0.4 is 5.73 Å². The van der Waals surface area contributed by atoms with E-state index >= 15 is 0 Å². The molecule has 0 radical (unpaired) electrons. The number of hydrogen-bond donors (Lipinski definition) is 1. The van der Waals surface area contributed by atoms with E-state index in [1.807, 2.05) is 23.6 Å². The molecule has 0 bridgehead atoms. The Bertz CT molecular complexity index is 362. The largest absolute Gasteiger partial charge is 0.339 e. The first-order valence-electron chi connectivity index (χ1n) is 7.82. The fourth-order valence-electron chi connectivity index (χ4n) is 3.22. The summed E-state index contributed by atoms with van der Waals surface area (Å²) >= 11 is 0. The molecule has 0 spiro atoms. The maximum atomic E-state index is 12.5. The quantitative estimate of drug-likeness (QED) is 0.815. The lowest BCUT2D eigenvalue weighted by atomic mass is 9.85. The maximum absolute atomic E-state index is 12.5. The average Bonchev–Trinajstić information content (AvgIpc) is 2.46. The summed E-state index contributed by atoms with van der Waals surface area (Å²) in [5.74, 6) is 0.577. The first kappa shape index (κ1) is 15.3. The first-order valence-corrected chi connectivity index (χ1v) is 7.82. The van der Waals surface area contributed by atoms with E-state index in [-0.39, 0.29) is 29.7 Å². The van der Waals surface area contributed by atoms with Gasteiger partial charge in [0.05, 0.1) is 0 Å². The Kier molecular flexibility index (Phi) is 5.02. The van der Waals surface area contributed by atoms with Gasteiger partial charge in [0.2, 0.25) is 11.8 Å². The zero-order chi connectivity index (χ0) is 14.7. The van der Waals surface area contributed by atoms with Crippen molar-refractivity contribution in [2.75, 3.05) is 26.2 Å². The van der Waals surface area contributed by atoms with Crippen LogP contribution in [0.1, 0.15) is 39.5 Å². The van der Waals surface area contributed by atoms with Gasteiger partial charge < -0.3 is 15.5 Å². The number of amides is 2. The average molecular weight is 281 g/mol. The van der Waals surface area contributed by atoms with E-state index in [1.54, 1.807) is 0 Å². The minimum absolute atomic E-state index is 0.0357. The molecule has 2 aliphatic rings. The predicted molar refractivity (Wildman–Crippen MR) is 77.9 cm³/mol. The van der Waals surface area contributed by atoms with Gasteiger partial charge in [-0.05, 0) is 19.3 Å². The van der Waals surface area contributed by atoms with Crippen molar-refractivity contribution in [3.05, 3.63) is 0 Å². The summed E-state index contributed by atoms with van der Waals surface area (Å²) < 4.78 is 0. The molecule has 1 saturated carbocycles. The van der Waals surface area contributed by atoms with Crippen LogP contribution >= 0.6 is 0 Å². The molecule has 1 heterocycles. The summed E-state index contributed by atoms with van der Waals surface area (Å²) in [6.07, 6.45) is 3.89. The zero-order valence-electron chi connectivity index (χ0n) is 12.7. The highest BCUT2D eigenvalue weighted by molar-refractivity contribution is 5.80. The number of nitrogens with zero attached hydrogens (tertiary/aromatic N) is 2. The molecule has 1 saturated heterocycles. The van der Waals surface area contributed by atoms with Gasteiger partial charge >= 0.3 is 0 Å². The number of piperazine rings is 1. The highest BCUT2D eigenvalue weighted by Gasteiger charge is 2.31. The number of carbonyl (C=O) groups excluding carboxylic acids is 2. The highest BCUT2D eigenvalue weighted by Crippen LogP contribution is 2.25. The molecule has 2 atom stereocenters. The van der Waals surface area contributed by atoms with Crippen molar-refractivity contribution in [1.82, 2.24) is 9.80 Å². The van der Waals surface area contributed by atoms with Gasteiger partial charge in [-0.25, -0.2) is 0 Å². The summed E-state index contributed by atoms with van der Waals surface area (Å²) in [6.45, 7) is 6.52. The van der Waals surface area contributed by atoms with Gasteiger partial charge in [-0.1, -0.05) is 20.3 Å². The molecule has 114 valence electrons. The molecule has 2 rings (SSSR count). The SMILES string of the molecule is CC(C)C(=O)N1CCN(C(=O)C2CCCC(N)C2)CC1. The Labute approximate surface area is 121 Å². The first-order chi connectivity index (χ1) is 9.49. The summed E-state index contributed by atoms with van der Waals surface area (Å²) in [5, 5.41) is 0. The Hall–Kier alpha value is -1.10. The van der Waals surface area contributed by atoms with Crippen molar-refractivity contribution in [1.29, 1.82) is 0 Å². The van der Waals surface area contributed by atoms with E-state index in [0.29, 0.717) is 26.2 Å². The molecule has 2 fully saturated rings. The van der Waals surface area contributed by atoms with Crippen LogP contribution in [0.15, 0.2) is 0 Å². The zero-order valence-corrected chi connectivity index (χ0v) is 12.7. The van der Waals surface area contributed by atoms with E-state index < -0.39 is 0 Å². The van der Waals surface area contributed by atoms with Gasteiger partial charge in [-0.2, -0.15) is 0 Å². The van der Waals surface area contributed by atoms with Crippen LogP contribution in [0.4, 0.5) is 0 Å². The van der Waals surface area contributed by atoms with E-state index in [9.17, 15) is 9.59 Å². The van der Waals surface area contributed by atoms with Gasteiger partial charge in [-0.3, -0.25) is 9.59 Å². The van der Waals surface area contributed by atoms with E-state index in [0.717, 1.165) is 25.7 Å².